The second kappa shape index (κ2) is 11.0. The summed E-state index contributed by atoms with van der Waals surface area (Å²) in [5.74, 6) is -0.0826. The molecule has 0 rings (SSSR count). The Balaban J connectivity index is 3.63. The van der Waals surface area contributed by atoms with E-state index in [0.717, 1.165) is 19.3 Å². The Kier molecular flexibility index (Phi) is 10.3. The molecule has 0 aromatic carbocycles. The summed E-state index contributed by atoms with van der Waals surface area (Å²) in [5.41, 5.74) is 0. The molecular formula is C12H24N2O4. The zero-order chi connectivity index (χ0) is 13.8. The smallest absolute Gasteiger partial charge is 0.222 e. The Bertz CT molecular complexity index is 240. The number of hydrogen-bond acceptors (Lipinski definition) is 4. The third-order valence-corrected chi connectivity index (χ3v) is 2.53. The number of carbonyl (C=O) groups is 2. The molecule has 0 aliphatic heterocycles. The third-order valence-electron chi connectivity index (χ3n) is 2.53. The second-order valence-electron chi connectivity index (χ2n) is 4.12. The SMILES string of the molecule is CC(=O)NCCCCCC(=O)N(CCO)CCO. The fourth-order valence-corrected chi connectivity index (χ4v) is 1.60. The summed E-state index contributed by atoms with van der Waals surface area (Å²) >= 11 is 0. The third kappa shape index (κ3) is 8.95. The van der Waals surface area contributed by atoms with Crippen molar-refractivity contribution in [2.24, 2.45) is 0 Å². The molecule has 0 aliphatic rings. The van der Waals surface area contributed by atoms with Crippen molar-refractivity contribution < 1.29 is 19.8 Å². The van der Waals surface area contributed by atoms with Gasteiger partial charge < -0.3 is 20.4 Å². The predicted octanol–water partition coefficient (Wildman–Crippen LogP) is -0.504. The van der Waals surface area contributed by atoms with Crippen LogP contribution < -0.4 is 5.32 Å². The van der Waals surface area contributed by atoms with E-state index in [2.05, 4.69) is 5.32 Å². The Labute approximate surface area is 108 Å². The quantitative estimate of drug-likeness (QED) is 0.462. The molecule has 0 aliphatic carbocycles. The molecule has 2 amide bonds. The zero-order valence-corrected chi connectivity index (χ0v) is 11.0. The molecule has 0 saturated carbocycles. The first-order valence-corrected chi connectivity index (χ1v) is 6.35. The monoisotopic (exact) mass is 260 g/mol. The van der Waals surface area contributed by atoms with Gasteiger partial charge in [-0.25, -0.2) is 0 Å². The lowest BCUT2D eigenvalue weighted by Crippen LogP contribution is -2.35. The predicted molar refractivity (Wildman–Crippen MR) is 67.9 cm³/mol. The lowest BCUT2D eigenvalue weighted by molar-refractivity contribution is -0.132. The fraction of sp³-hybridized carbons (Fsp3) is 0.833. The van der Waals surface area contributed by atoms with Gasteiger partial charge in [0.1, 0.15) is 0 Å². The molecule has 6 heteroatoms. The maximum atomic E-state index is 11.7. The molecule has 0 bridgehead atoms. The van der Waals surface area contributed by atoms with E-state index in [9.17, 15) is 9.59 Å². The standard InChI is InChI=1S/C12H24N2O4/c1-11(17)13-6-4-2-3-5-12(18)14(7-9-15)8-10-16/h15-16H,2-10H2,1H3,(H,13,17). The van der Waals surface area contributed by atoms with Gasteiger partial charge in [0.15, 0.2) is 0 Å². The van der Waals surface area contributed by atoms with Crippen LogP contribution in [0.5, 0.6) is 0 Å². The van der Waals surface area contributed by atoms with E-state index in [1.54, 1.807) is 0 Å². The van der Waals surface area contributed by atoms with Crippen LogP contribution in [0.1, 0.15) is 32.6 Å². The molecule has 0 aromatic heterocycles. The van der Waals surface area contributed by atoms with Crippen molar-refractivity contribution in [3.8, 4) is 0 Å². The van der Waals surface area contributed by atoms with Gasteiger partial charge in [0.25, 0.3) is 0 Å². The van der Waals surface area contributed by atoms with Gasteiger partial charge in [-0.2, -0.15) is 0 Å². The Morgan fingerprint density at radius 3 is 2.17 bits per heavy atom. The van der Waals surface area contributed by atoms with Crippen molar-refractivity contribution in [1.82, 2.24) is 10.2 Å². The van der Waals surface area contributed by atoms with E-state index < -0.39 is 0 Å². The van der Waals surface area contributed by atoms with Gasteiger partial charge in [0.2, 0.25) is 11.8 Å². The summed E-state index contributed by atoms with van der Waals surface area (Å²) in [7, 11) is 0. The highest BCUT2D eigenvalue weighted by Gasteiger charge is 2.11. The van der Waals surface area contributed by atoms with E-state index in [4.69, 9.17) is 10.2 Å². The molecule has 0 aromatic rings. The van der Waals surface area contributed by atoms with Crippen molar-refractivity contribution in [3.63, 3.8) is 0 Å². The summed E-state index contributed by atoms with van der Waals surface area (Å²) in [5, 5.41) is 20.3. The maximum absolute atomic E-state index is 11.7. The molecule has 0 atom stereocenters. The van der Waals surface area contributed by atoms with Gasteiger partial charge in [-0.3, -0.25) is 9.59 Å². The molecule has 0 spiro atoms. The summed E-state index contributed by atoms with van der Waals surface area (Å²) in [6, 6.07) is 0. The summed E-state index contributed by atoms with van der Waals surface area (Å²) in [6.07, 6.45) is 2.90. The average molecular weight is 260 g/mol. The summed E-state index contributed by atoms with van der Waals surface area (Å²) in [6.45, 7) is 2.48. The van der Waals surface area contributed by atoms with Gasteiger partial charge in [0.05, 0.1) is 13.2 Å². The Hall–Kier alpha value is -1.14. The first kappa shape index (κ1) is 16.9. The number of rotatable bonds is 10. The van der Waals surface area contributed by atoms with Crippen LogP contribution in [-0.2, 0) is 9.59 Å². The average Bonchev–Trinajstić information content (AvgIpc) is 2.32. The molecule has 0 fully saturated rings. The molecule has 3 N–H and O–H groups in total. The topological polar surface area (TPSA) is 89.9 Å². The number of aliphatic hydroxyl groups excluding tert-OH is 2. The van der Waals surface area contributed by atoms with Gasteiger partial charge in [-0.15, -0.1) is 0 Å². The van der Waals surface area contributed by atoms with Crippen LogP contribution in [-0.4, -0.2) is 59.8 Å². The van der Waals surface area contributed by atoms with Crippen LogP contribution in [0.25, 0.3) is 0 Å². The lowest BCUT2D eigenvalue weighted by atomic mass is 10.1. The zero-order valence-electron chi connectivity index (χ0n) is 11.0. The number of hydrogen-bond donors (Lipinski definition) is 3. The molecule has 0 saturated heterocycles. The molecule has 106 valence electrons. The van der Waals surface area contributed by atoms with E-state index >= 15 is 0 Å². The van der Waals surface area contributed by atoms with Crippen molar-refractivity contribution in [2.75, 3.05) is 32.8 Å². The van der Waals surface area contributed by atoms with Crippen LogP contribution >= 0.6 is 0 Å². The molecule has 0 unspecified atom stereocenters. The normalized spacial score (nSPS) is 10.2. The number of unbranched alkanes of at least 4 members (excludes halogenated alkanes) is 2. The Morgan fingerprint density at radius 1 is 1.06 bits per heavy atom. The first-order valence-electron chi connectivity index (χ1n) is 6.35. The van der Waals surface area contributed by atoms with Crippen molar-refractivity contribution in [1.29, 1.82) is 0 Å². The minimum Gasteiger partial charge on any atom is -0.395 e. The van der Waals surface area contributed by atoms with Crippen molar-refractivity contribution in [2.45, 2.75) is 32.6 Å². The highest BCUT2D eigenvalue weighted by Crippen LogP contribution is 2.03. The maximum Gasteiger partial charge on any atom is 0.222 e. The highest BCUT2D eigenvalue weighted by molar-refractivity contribution is 5.76. The minimum atomic E-state index is -0.0890. The number of nitrogens with zero attached hydrogens (tertiary/aromatic N) is 1. The number of amides is 2. The van der Waals surface area contributed by atoms with Gasteiger partial charge in [0, 0.05) is 33.0 Å². The number of nitrogens with one attached hydrogen (secondary N) is 1. The van der Waals surface area contributed by atoms with Gasteiger partial charge in [-0.05, 0) is 12.8 Å². The van der Waals surface area contributed by atoms with Gasteiger partial charge >= 0.3 is 0 Å². The van der Waals surface area contributed by atoms with E-state index in [1.807, 2.05) is 0 Å². The van der Waals surface area contributed by atoms with E-state index in [1.165, 1.54) is 11.8 Å². The van der Waals surface area contributed by atoms with Gasteiger partial charge in [-0.1, -0.05) is 6.42 Å². The minimum absolute atomic E-state index is 0.0388. The number of carbonyl (C=O) groups excluding carboxylic acids is 2. The van der Waals surface area contributed by atoms with Crippen LogP contribution in [0.2, 0.25) is 0 Å². The molecule has 0 radical (unpaired) electrons. The van der Waals surface area contributed by atoms with Crippen molar-refractivity contribution in [3.05, 3.63) is 0 Å². The summed E-state index contributed by atoms with van der Waals surface area (Å²) in [4.78, 5) is 23.8. The molecule has 0 heterocycles. The lowest BCUT2D eigenvalue weighted by Gasteiger charge is -2.20. The van der Waals surface area contributed by atoms with E-state index in [-0.39, 0.29) is 38.1 Å². The fourth-order valence-electron chi connectivity index (χ4n) is 1.60. The Morgan fingerprint density at radius 2 is 1.67 bits per heavy atom. The number of aliphatic hydroxyl groups is 2. The molecule has 18 heavy (non-hydrogen) atoms. The van der Waals surface area contributed by atoms with E-state index in [0.29, 0.717) is 13.0 Å². The highest BCUT2D eigenvalue weighted by atomic mass is 16.3. The first-order chi connectivity index (χ1) is 8.61. The summed E-state index contributed by atoms with van der Waals surface area (Å²) < 4.78 is 0. The van der Waals surface area contributed by atoms with Crippen LogP contribution in [0.4, 0.5) is 0 Å². The van der Waals surface area contributed by atoms with Crippen LogP contribution in [0, 0.1) is 0 Å². The second-order valence-corrected chi connectivity index (χ2v) is 4.12. The molecule has 6 nitrogen and oxygen atoms in total. The largest absolute Gasteiger partial charge is 0.395 e. The van der Waals surface area contributed by atoms with Crippen LogP contribution in [0.3, 0.4) is 0 Å². The molecular weight excluding hydrogens is 236 g/mol. The van der Waals surface area contributed by atoms with Crippen LogP contribution in [0.15, 0.2) is 0 Å². The van der Waals surface area contributed by atoms with Crippen molar-refractivity contribution >= 4 is 11.8 Å².